The highest BCUT2D eigenvalue weighted by Crippen LogP contribution is 2.23. The van der Waals surface area contributed by atoms with E-state index in [9.17, 15) is 4.39 Å². The summed E-state index contributed by atoms with van der Waals surface area (Å²) in [6.45, 7) is 2.91. The zero-order chi connectivity index (χ0) is 14.2. The maximum atomic E-state index is 12.1. The van der Waals surface area contributed by atoms with E-state index in [2.05, 4.69) is 6.92 Å². The van der Waals surface area contributed by atoms with Crippen molar-refractivity contribution in [3.05, 3.63) is 60.4 Å². The van der Waals surface area contributed by atoms with Crippen LogP contribution in [0.1, 0.15) is 25.3 Å². The molecule has 0 unspecified atom stereocenters. The maximum Gasteiger partial charge on any atom is 0.119 e. The van der Waals surface area contributed by atoms with Gasteiger partial charge in [-0.15, -0.1) is 0 Å². The standard InChI is InChI=1S/C18H19FO/c1-2-3-14-20-18-10-8-17(9-11-18)16-6-4-15(5-7-16)12-13-19/h4-13H,2-3,14H2,1H3/b13-12+. The second-order valence-electron chi connectivity index (χ2n) is 4.64. The summed E-state index contributed by atoms with van der Waals surface area (Å²) in [7, 11) is 0. The largest absolute Gasteiger partial charge is 0.494 e. The van der Waals surface area contributed by atoms with E-state index in [-0.39, 0.29) is 0 Å². The van der Waals surface area contributed by atoms with Gasteiger partial charge < -0.3 is 4.74 Å². The highest BCUT2D eigenvalue weighted by molar-refractivity contribution is 5.66. The highest BCUT2D eigenvalue weighted by atomic mass is 19.1. The Morgan fingerprint density at radius 2 is 1.55 bits per heavy atom. The van der Waals surface area contributed by atoms with Crippen molar-refractivity contribution in [1.82, 2.24) is 0 Å². The fourth-order valence-corrected chi connectivity index (χ4v) is 1.94. The van der Waals surface area contributed by atoms with Gasteiger partial charge in [-0.25, -0.2) is 4.39 Å². The Hall–Kier alpha value is -2.09. The summed E-state index contributed by atoms with van der Waals surface area (Å²) in [5.41, 5.74) is 3.10. The second kappa shape index (κ2) is 7.49. The molecule has 0 saturated heterocycles. The molecule has 20 heavy (non-hydrogen) atoms. The smallest absolute Gasteiger partial charge is 0.119 e. The normalized spacial score (nSPS) is 10.9. The molecule has 0 bridgehead atoms. The van der Waals surface area contributed by atoms with Gasteiger partial charge in [0.1, 0.15) is 5.75 Å². The van der Waals surface area contributed by atoms with E-state index in [4.69, 9.17) is 4.74 Å². The van der Waals surface area contributed by atoms with Crippen LogP contribution in [-0.2, 0) is 0 Å². The molecule has 0 aliphatic carbocycles. The fourth-order valence-electron chi connectivity index (χ4n) is 1.94. The van der Waals surface area contributed by atoms with Crippen molar-refractivity contribution in [3.63, 3.8) is 0 Å². The summed E-state index contributed by atoms with van der Waals surface area (Å²) in [5.74, 6) is 0.902. The zero-order valence-electron chi connectivity index (χ0n) is 11.7. The van der Waals surface area contributed by atoms with Gasteiger partial charge in [-0.05, 0) is 41.3 Å². The van der Waals surface area contributed by atoms with Crippen LogP contribution in [0.5, 0.6) is 5.75 Å². The first-order valence-corrected chi connectivity index (χ1v) is 6.93. The molecule has 0 radical (unpaired) electrons. The maximum absolute atomic E-state index is 12.1. The van der Waals surface area contributed by atoms with Crippen molar-refractivity contribution < 1.29 is 9.13 Å². The molecule has 2 aromatic rings. The van der Waals surface area contributed by atoms with Crippen LogP contribution in [0.15, 0.2) is 54.9 Å². The van der Waals surface area contributed by atoms with Crippen molar-refractivity contribution in [2.45, 2.75) is 19.8 Å². The van der Waals surface area contributed by atoms with Gasteiger partial charge in [-0.2, -0.15) is 0 Å². The molecule has 2 heteroatoms. The fraction of sp³-hybridized carbons (Fsp3) is 0.222. The molecule has 0 aromatic heterocycles. The van der Waals surface area contributed by atoms with Crippen LogP contribution >= 0.6 is 0 Å². The molecule has 0 atom stereocenters. The lowest BCUT2D eigenvalue weighted by Gasteiger charge is -2.07. The van der Waals surface area contributed by atoms with E-state index in [1.54, 1.807) is 0 Å². The van der Waals surface area contributed by atoms with Crippen molar-refractivity contribution in [2.75, 3.05) is 6.61 Å². The summed E-state index contributed by atoms with van der Waals surface area (Å²) < 4.78 is 17.7. The third kappa shape index (κ3) is 3.95. The minimum atomic E-state index is 0.553. The predicted molar refractivity (Wildman–Crippen MR) is 82.4 cm³/mol. The van der Waals surface area contributed by atoms with Gasteiger partial charge in [-0.3, -0.25) is 0 Å². The molecule has 2 aromatic carbocycles. The van der Waals surface area contributed by atoms with Gasteiger partial charge in [0, 0.05) is 0 Å². The quantitative estimate of drug-likeness (QED) is 0.632. The highest BCUT2D eigenvalue weighted by Gasteiger charge is 1.99. The number of ether oxygens (including phenoxy) is 1. The Morgan fingerprint density at radius 1 is 0.950 bits per heavy atom. The lowest BCUT2D eigenvalue weighted by molar-refractivity contribution is 0.309. The molecular weight excluding hydrogens is 251 g/mol. The first-order valence-electron chi connectivity index (χ1n) is 6.93. The van der Waals surface area contributed by atoms with E-state index in [1.165, 1.54) is 6.08 Å². The summed E-state index contributed by atoms with van der Waals surface area (Å²) in [6.07, 6.45) is 4.20. The van der Waals surface area contributed by atoms with Gasteiger partial charge in [0.2, 0.25) is 0 Å². The minimum Gasteiger partial charge on any atom is -0.494 e. The monoisotopic (exact) mass is 270 g/mol. The number of hydrogen-bond donors (Lipinski definition) is 0. The van der Waals surface area contributed by atoms with Crippen LogP contribution in [-0.4, -0.2) is 6.61 Å². The van der Waals surface area contributed by atoms with Crippen molar-refractivity contribution >= 4 is 6.08 Å². The molecule has 0 heterocycles. The third-order valence-corrected chi connectivity index (χ3v) is 3.12. The summed E-state index contributed by atoms with van der Waals surface area (Å²) in [6, 6.07) is 15.8. The molecule has 0 fully saturated rings. The average Bonchev–Trinajstić information content (AvgIpc) is 2.49. The number of rotatable bonds is 6. The van der Waals surface area contributed by atoms with E-state index < -0.39 is 0 Å². The minimum absolute atomic E-state index is 0.553. The SMILES string of the molecule is CCCCOc1ccc(-c2ccc(/C=C/F)cc2)cc1. The molecule has 1 nitrogen and oxygen atoms in total. The van der Waals surface area contributed by atoms with Crippen LogP contribution in [0, 0.1) is 0 Å². The topological polar surface area (TPSA) is 9.23 Å². The molecule has 0 amide bonds. The van der Waals surface area contributed by atoms with Crippen LogP contribution in [0.3, 0.4) is 0 Å². The first kappa shape index (κ1) is 14.3. The molecule has 0 spiro atoms. The third-order valence-electron chi connectivity index (χ3n) is 3.12. The second-order valence-corrected chi connectivity index (χ2v) is 4.64. The predicted octanol–water partition coefficient (Wildman–Crippen LogP) is 5.47. The van der Waals surface area contributed by atoms with Gasteiger partial charge in [0.05, 0.1) is 12.9 Å². The van der Waals surface area contributed by atoms with E-state index in [1.807, 2.05) is 48.5 Å². The Labute approximate surface area is 119 Å². The lowest BCUT2D eigenvalue weighted by Crippen LogP contribution is -1.95. The van der Waals surface area contributed by atoms with E-state index >= 15 is 0 Å². The van der Waals surface area contributed by atoms with Crippen molar-refractivity contribution in [2.24, 2.45) is 0 Å². The van der Waals surface area contributed by atoms with Gasteiger partial charge in [0.15, 0.2) is 0 Å². The Kier molecular flexibility index (Phi) is 5.36. The Balaban J connectivity index is 2.05. The lowest BCUT2D eigenvalue weighted by atomic mass is 10.0. The molecule has 0 saturated carbocycles. The van der Waals surface area contributed by atoms with Crippen LogP contribution < -0.4 is 4.74 Å². The average molecular weight is 270 g/mol. The Bertz CT molecular complexity index is 541. The first-order chi connectivity index (χ1) is 9.83. The number of unbranched alkanes of at least 4 members (excludes halogenated alkanes) is 1. The molecule has 0 N–H and O–H groups in total. The zero-order valence-corrected chi connectivity index (χ0v) is 11.7. The number of benzene rings is 2. The van der Waals surface area contributed by atoms with Crippen LogP contribution in [0.25, 0.3) is 17.2 Å². The molecule has 104 valence electrons. The van der Waals surface area contributed by atoms with Gasteiger partial charge in [0.25, 0.3) is 0 Å². The van der Waals surface area contributed by atoms with Crippen molar-refractivity contribution in [1.29, 1.82) is 0 Å². The van der Waals surface area contributed by atoms with Gasteiger partial charge >= 0.3 is 0 Å². The van der Waals surface area contributed by atoms with Crippen molar-refractivity contribution in [3.8, 4) is 16.9 Å². The van der Waals surface area contributed by atoms with Crippen LogP contribution in [0.4, 0.5) is 4.39 Å². The van der Waals surface area contributed by atoms with Gasteiger partial charge in [-0.1, -0.05) is 49.7 Å². The summed E-state index contributed by atoms with van der Waals surface area (Å²) >= 11 is 0. The van der Waals surface area contributed by atoms with E-state index in [0.29, 0.717) is 6.33 Å². The summed E-state index contributed by atoms with van der Waals surface area (Å²) in [5, 5.41) is 0. The summed E-state index contributed by atoms with van der Waals surface area (Å²) in [4.78, 5) is 0. The Morgan fingerprint density at radius 3 is 2.10 bits per heavy atom. The number of halogens is 1. The molecule has 0 aliphatic rings. The number of hydrogen-bond acceptors (Lipinski definition) is 1. The molecule has 2 rings (SSSR count). The molecular formula is C18H19FO. The van der Waals surface area contributed by atoms with E-state index in [0.717, 1.165) is 41.9 Å². The van der Waals surface area contributed by atoms with Crippen LogP contribution in [0.2, 0.25) is 0 Å². The molecule has 0 aliphatic heterocycles.